The lowest BCUT2D eigenvalue weighted by atomic mass is 10.1. The van der Waals surface area contributed by atoms with Gasteiger partial charge in [-0.15, -0.1) is 6.58 Å². The summed E-state index contributed by atoms with van der Waals surface area (Å²) >= 11 is 0. The number of piperazine rings is 1. The summed E-state index contributed by atoms with van der Waals surface area (Å²) in [5.74, 6) is 0.553. The SMILES string of the molecule is C=CCN1CCN(C(=O)c2ccc3n2Cc2ccccc2N(C(=O)c2ccc(-n4c(C)ccc4C)c(OC)c2)C3)CC1. The first-order chi connectivity index (χ1) is 20.4. The summed E-state index contributed by atoms with van der Waals surface area (Å²) in [6, 6.07) is 21.6. The first-order valence-electron chi connectivity index (χ1n) is 14.4. The molecule has 2 aliphatic heterocycles. The lowest BCUT2D eigenvalue weighted by molar-refractivity contribution is 0.0639. The average molecular weight is 564 g/mol. The van der Waals surface area contributed by atoms with E-state index in [1.807, 2.05) is 70.5 Å². The van der Waals surface area contributed by atoms with E-state index in [0.717, 1.165) is 53.7 Å². The number of hydrogen-bond donors (Lipinski definition) is 0. The highest BCUT2D eigenvalue weighted by molar-refractivity contribution is 6.07. The first kappa shape index (κ1) is 27.6. The van der Waals surface area contributed by atoms with E-state index in [4.69, 9.17) is 4.74 Å². The predicted octanol–water partition coefficient (Wildman–Crippen LogP) is 5.06. The zero-order valence-electron chi connectivity index (χ0n) is 24.5. The summed E-state index contributed by atoms with van der Waals surface area (Å²) in [7, 11) is 1.63. The van der Waals surface area contributed by atoms with Crippen molar-refractivity contribution in [1.29, 1.82) is 0 Å². The van der Waals surface area contributed by atoms with Crippen LogP contribution in [-0.2, 0) is 13.1 Å². The third-order valence-electron chi connectivity index (χ3n) is 8.45. The normalized spacial score (nSPS) is 15.1. The molecule has 216 valence electrons. The number of aromatic nitrogens is 2. The molecule has 6 rings (SSSR count). The molecule has 0 saturated carbocycles. The van der Waals surface area contributed by atoms with Crippen molar-refractivity contribution in [1.82, 2.24) is 18.9 Å². The van der Waals surface area contributed by atoms with Crippen molar-refractivity contribution in [3.63, 3.8) is 0 Å². The van der Waals surface area contributed by atoms with Crippen molar-refractivity contribution in [2.24, 2.45) is 0 Å². The molecule has 0 atom stereocenters. The monoisotopic (exact) mass is 563 g/mol. The van der Waals surface area contributed by atoms with Crippen molar-refractivity contribution >= 4 is 17.5 Å². The number of benzene rings is 2. The van der Waals surface area contributed by atoms with E-state index in [2.05, 4.69) is 46.6 Å². The number of carbonyl (C=O) groups is 2. The van der Waals surface area contributed by atoms with Crippen LogP contribution < -0.4 is 9.64 Å². The van der Waals surface area contributed by atoms with Crippen molar-refractivity contribution in [3.05, 3.63) is 113 Å². The van der Waals surface area contributed by atoms with Crippen LogP contribution in [0.2, 0.25) is 0 Å². The molecule has 4 heterocycles. The Labute approximate surface area is 247 Å². The minimum atomic E-state index is -0.117. The smallest absolute Gasteiger partial charge is 0.270 e. The second-order valence-electron chi connectivity index (χ2n) is 11.0. The Morgan fingerprint density at radius 1 is 0.857 bits per heavy atom. The Bertz CT molecular complexity index is 1640. The van der Waals surface area contributed by atoms with Gasteiger partial charge >= 0.3 is 0 Å². The molecule has 8 heteroatoms. The zero-order chi connectivity index (χ0) is 29.4. The van der Waals surface area contributed by atoms with Crippen LogP contribution in [0.5, 0.6) is 5.75 Å². The van der Waals surface area contributed by atoms with E-state index in [1.165, 1.54) is 0 Å². The molecule has 1 saturated heterocycles. The molecule has 8 nitrogen and oxygen atoms in total. The van der Waals surface area contributed by atoms with Gasteiger partial charge in [-0.3, -0.25) is 14.5 Å². The van der Waals surface area contributed by atoms with Crippen molar-refractivity contribution in [2.75, 3.05) is 44.7 Å². The molecule has 2 aromatic carbocycles. The fourth-order valence-electron chi connectivity index (χ4n) is 6.21. The summed E-state index contributed by atoms with van der Waals surface area (Å²) in [5.41, 5.74) is 7.06. The quantitative estimate of drug-likeness (QED) is 0.308. The van der Waals surface area contributed by atoms with E-state index in [9.17, 15) is 9.59 Å². The van der Waals surface area contributed by atoms with Crippen molar-refractivity contribution in [3.8, 4) is 11.4 Å². The molecule has 0 spiro atoms. The number of fused-ring (bicyclic) bond motifs is 2. The van der Waals surface area contributed by atoms with Gasteiger partial charge in [0.15, 0.2) is 0 Å². The number of hydrogen-bond acceptors (Lipinski definition) is 4. The van der Waals surface area contributed by atoms with Crippen LogP contribution in [-0.4, -0.2) is 70.6 Å². The predicted molar refractivity (Wildman–Crippen MR) is 165 cm³/mol. The van der Waals surface area contributed by atoms with Gasteiger partial charge in [0.1, 0.15) is 11.4 Å². The van der Waals surface area contributed by atoms with E-state index in [1.54, 1.807) is 7.11 Å². The van der Waals surface area contributed by atoms with Crippen molar-refractivity contribution < 1.29 is 14.3 Å². The molecule has 0 aliphatic carbocycles. The second kappa shape index (κ2) is 11.4. The molecular formula is C34H37N5O3. The van der Waals surface area contributed by atoms with Gasteiger partial charge in [-0.25, -0.2) is 0 Å². The van der Waals surface area contributed by atoms with Crippen LogP contribution in [0.1, 0.15) is 43.5 Å². The highest BCUT2D eigenvalue weighted by Crippen LogP contribution is 2.33. The van der Waals surface area contributed by atoms with Crippen LogP contribution in [0.4, 0.5) is 5.69 Å². The number of aryl methyl sites for hydroxylation is 2. The molecule has 2 amide bonds. The van der Waals surface area contributed by atoms with Gasteiger partial charge < -0.3 is 23.7 Å². The minimum Gasteiger partial charge on any atom is -0.495 e. The molecule has 2 aromatic heterocycles. The largest absolute Gasteiger partial charge is 0.495 e. The standard InChI is InChI=1S/C34H37N5O3/c1-5-16-35-17-19-36(20-18-35)34(41)31-15-13-28-23-38(29-9-7-6-8-27(29)22-37(28)31)33(40)26-12-14-30(32(21-26)42-4)39-24(2)10-11-25(39)3/h5-15,21H,1,16-20,22-23H2,2-4H3. The van der Waals surface area contributed by atoms with Crippen LogP contribution in [0.15, 0.2) is 79.4 Å². The molecule has 2 aliphatic rings. The summed E-state index contributed by atoms with van der Waals surface area (Å²) in [6.07, 6.45) is 1.91. The summed E-state index contributed by atoms with van der Waals surface area (Å²) < 4.78 is 9.97. The zero-order valence-corrected chi connectivity index (χ0v) is 24.5. The van der Waals surface area contributed by atoms with Gasteiger partial charge in [-0.2, -0.15) is 0 Å². The van der Waals surface area contributed by atoms with Gasteiger partial charge in [0.2, 0.25) is 0 Å². The van der Waals surface area contributed by atoms with E-state index in [-0.39, 0.29) is 11.8 Å². The van der Waals surface area contributed by atoms with Gasteiger partial charge in [0.05, 0.1) is 25.9 Å². The van der Waals surface area contributed by atoms with Gasteiger partial charge in [-0.1, -0.05) is 24.3 Å². The number of para-hydroxylation sites is 1. The maximum absolute atomic E-state index is 14.2. The number of anilines is 1. The van der Waals surface area contributed by atoms with E-state index in [0.29, 0.717) is 43.2 Å². The van der Waals surface area contributed by atoms with Gasteiger partial charge in [0.25, 0.3) is 11.8 Å². The number of rotatable bonds is 6. The average Bonchev–Trinajstić information content (AvgIpc) is 3.51. The highest BCUT2D eigenvalue weighted by atomic mass is 16.5. The van der Waals surface area contributed by atoms with Crippen LogP contribution in [0, 0.1) is 13.8 Å². The van der Waals surface area contributed by atoms with Crippen LogP contribution in [0.3, 0.4) is 0 Å². The molecule has 4 aromatic rings. The Morgan fingerprint density at radius 3 is 2.31 bits per heavy atom. The van der Waals surface area contributed by atoms with Gasteiger partial charge in [0, 0.05) is 61.1 Å². The Kier molecular flexibility index (Phi) is 7.47. The molecule has 0 radical (unpaired) electrons. The lowest BCUT2D eigenvalue weighted by Crippen LogP contribution is -2.49. The number of carbonyl (C=O) groups excluding carboxylic acids is 2. The third kappa shape index (κ3) is 4.92. The van der Waals surface area contributed by atoms with Crippen LogP contribution >= 0.6 is 0 Å². The minimum absolute atomic E-state index is 0.0349. The maximum atomic E-state index is 14.2. The number of ether oxygens (including phenoxy) is 1. The fraction of sp³-hybridized carbons (Fsp3) is 0.294. The first-order valence-corrected chi connectivity index (χ1v) is 14.4. The number of methoxy groups -OCH3 is 1. The summed E-state index contributed by atoms with van der Waals surface area (Å²) in [6.45, 7) is 12.7. The van der Waals surface area contributed by atoms with Crippen LogP contribution in [0.25, 0.3) is 5.69 Å². The Morgan fingerprint density at radius 2 is 1.60 bits per heavy atom. The molecular weight excluding hydrogens is 526 g/mol. The topological polar surface area (TPSA) is 63.0 Å². The summed E-state index contributed by atoms with van der Waals surface area (Å²) in [4.78, 5) is 33.9. The summed E-state index contributed by atoms with van der Waals surface area (Å²) in [5, 5.41) is 0. The molecule has 0 N–H and O–H groups in total. The van der Waals surface area contributed by atoms with E-state index < -0.39 is 0 Å². The molecule has 1 fully saturated rings. The molecule has 0 bridgehead atoms. The maximum Gasteiger partial charge on any atom is 0.270 e. The molecule has 0 unspecified atom stereocenters. The molecule has 42 heavy (non-hydrogen) atoms. The fourth-order valence-corrected chi connectivity index (χ4v) is 6.21. The van der Waals surface area contributed by atoms with Crippen molar-refractivity contribution in [2.45, 2.75) is 26.9 Å². The number of nitrogens with zero attached hydrogens (tertiary/aromatic N) is 5. The van der Waals surface area contributed by atoms with E-state index >= 15 is 0 Å². The Balaban J connectivity index is 1.31. The second-order valence-corrected chi connectivity index (χ2v) is 11.0. The number of amides is 2. The van der Waals surface area contributed by atoms with Gasteiger partial charge in [-0.05, 0) is 67.9 Å². The third-order valence-corrected chi connectivity index (χ3v) is 8.45. The lowest BCUT2D eigenvalue weighted by Gasteiger charge is -2.34. The highest BCUT2D eigenvalue weighted by Gasteiger charge is 2.30. The Hall–Kier alpha value is -4.56.